The highest BCUT2D eigenvalue weighted by atomic mass is 32.2. The number of anilines is 1. The predicted octanol–water partition coefficient (Wildman–Crippen LogP) is 3.21. The molecule has 1 aliphatic heterocycles. The van der Waals surface area contributed by atoms with Gasteiger partial charge in [-0.15, -0.1) is 0 Å². The lowest BCUT2D eigenvalue weighted by Gasteiger charge is -2.40. The first-order valence-corrected chi connectivity index (χ1v) is 9.25. The van der Waals surface area contributed by atoms with Gasteiger partial charge in [-0.2, -0.15) is 0 Å². The number of furan rings is 1. The van der Waals surface area contributed by atoms with Crippen molar-refractivity contribution in [2.75, 3.05) is 17.1 Å². The Bertz CT molecular complexity index is 864. The summed E-state index contributed by atoms with van der Waals surface area (Å²) in [5.74, 6) is 0.832. The van der Waals surface area contributed by atoms with Crippen molar-refractivity contribution in [3.8, 4) is 11.3 Å². The predicted molar refractivity (Wildman–Crippen MR) is 89.4 cm³/mol. The molecule has 1 aromatic heterocycles. The van der Waals surface area contributed by atoms with E-state index in [0.29, 0.717) is 30.7 Å². The van der Waals surface area contributed by atoms with Gasteiger partial charge >= 0.3 is 0 Å². The Morgan fingerprint density at radius 3 is 2.57 bits per heavy atom. The fourth-order valence-corrected chi connectivity index (χ4v) is 4.13. The number of benzene rings is 1. The molecule has 0 saturated heterocycles. The number of fused-ring (bicyclic) bond motifs is 1. The van der Waals surface area contributed by atoms with Gasteiger partial charge < -0.3 is 4.42 Å². The number of carbonyl (C=O) groups excluding carboxylic acids is 1. The third kappa shape index (κ3) is 2.67. The van der Waals surface area contributed by atoms with Gasteiger partial charge in [0.1, 0.15) is 5.76 Å². The highest BCUT2D eigenvalue weighted by Crippen LogP contribution is 2.45. The zero-order chi connectivity index (χ0) is 16.8. The Balaban J connectivity index is 2.26. The van der Waals surface area contributed by atoms with E-state index in [1.165, 1.54) is 10.6 Å². The summed E-state index contributed by atoms with van der Waals surface area (Å²) in [4.78, 5) is 10.9. The van der Waals surface area contributed by atoms with Gasteiger partial charge in [-0.1, -0.05) is 26.0 Å². The molecule has 1 aliphatic rings. The fourth-order valence-electron chi connectivity index (χ4n) is 3.20. The summed E-state index contributed by atoms with van der Waals surface area (Å²) in [6.45, 7) is 4.65. The minimum Gasteiger partial charge on any atom is -0.453 e. The highest BCUT2D eigenvalue weighted by Gasteiger charge is 2.37. The summed E-state index contributed by atoms with van der Waals surface area (Å²) >= 11 is 0. The van der Waals surface area contributed by atoms with Crippen molar-refractivity contribution in [1.29, 1.82) is 0 Å². The van der Waals surface area contributed by atoms with Gasteiger partial charge in [-0.3, -0.25) is 9.10 Å². The van der Waals surface area contributed by atoms with E-state index in [-0.39, 0.29) is 11.2 Å². The van der Waals surface area contributed by atoms with Gasteiger partial charge in [0.15, 0.2) is 12.0 Å². The van der Waals surface area contributed by atoms with E-state index in [9.17, 15) is 13.2 Å². The molecule has 2 aromatic rings. The minimum absolute atomic E-state index is 0.193. The highest BCUT2D eigenvalue weighted by molar-refractivity contribution is 7.92. The molecule has 1 aromatic carbocycles. The third-order valence-electron chi connectivity index (χ3n) is 4.34. The molecule has 0 amide bonds. The average Bonchev–Trinajstić information content (AvgIpc) is 2.94. The van der Waals surface area contributed by atoms with Crippen LogP contribution in [0, 0.1) is 0 Å². The van der Waals surface area contributed by atoms with E-state index in [4.69, 9.17) is 4.42 Å². The molecule has 0 unspecified atom stereocenters. The molecule has 3 rings (SSSR count). The topological polar surface area (TPSA) is 67.6 Å². The summed E-state index contributed by atoms with van der Waals surface area (Å²) in [5.41, 5.74) is 2.25. The summed E-state index contributed by atoms with van der Waals surface area (Å²) < 4.78 is 31.2. The van der Waals surface area contributed by atoms with Crippen molar-refractivity contribution in [3.63, 3.8) is 0 Å². The Morgan fingerprint density at radius 2 is 1.96 bits per heavy atom. The Kier molecular flexibility index (Phi) is 3.59. The van der Waals surface area contributed by atoms with E-state index in [2.05, 4.69) is 13.8 Å². The summed E-state index contributed by atoms with van der Waals surface area (Å²) in [7, 11) is -3.34. The molecule has 0 spiro atoms. The standard InChI is InChI=1S/C17H19NO4S/c1-17(2)9-10-18(23(3,20)21)14-6-4-5-13(16(14)17)15-8-7-12(11-19)22-15/h4-8,11H,9-10H2,1-3H3. The van der Waals surface area contributed by atoms with Crippen molar-refractivity contribution in [2.45, 2.75) is 25.7 Å². The first-order valence-electron chi connectivity index (χ1n) is 7.40. The number of hydrogen-bond donors (Lipinski definition) is 0. The quantitative estimate of drug-likeness (QED) is 0.809. The number of hydrogen-bond acceptors (Lipinski definition) is 4. The molecule has 5 nitrogen and oxygen atoms in total. The first-order chi connectivity index (χ1) is 10.7. The smallest absolute Gasteiger partial charge is 0.232 e. The second kappa shape index (κ2) is 5.23. The molecule has 0 fully saturated rings. The SMILES string of the molecule is CC1(C)CCN(S(C)(=O)=O)c2cccc(-c3ccc(C=O)o3)c21. The molecule has 0 radical (unpaired) electrons. The lowest BCUT2D eigenvalue weighted by Crippen LogP contribution is -2.40. The van der Waals surface area contributed by atoms with E-state index >= 15 is 0 Å². The largest absolute Gasteiger partial charge is 0.453 e. The van der Waals surface area contributed by atoms with Crippen LogP contribution >= 0.6 is 0 Å². The summed E-state index contributed by atoms with van der Waals surface area (Å²) in [5, 5.41) is 0. The molecule has 122 valence electrons. The Morgan fingerprint density at radius 1 is 1.22 bits per heavy atom. The zero-order valence-electron chi connectivity index (χ0n) is 13.4. The van der Waals surface area contributed by atoms with Crippen LogP contribution in [0.3, 0.4) is 0 Å². The van der Waals surface area contributed by atoms with Crippen LogP contribution in [0.1, 0.15) is 36.4 Å². The lowest BCUT2D eigenvalue weighted by molar-refractivity contribution is 0.110. The third-order valence-corrected chi connectivity index (χ3v) is 5.52. The van der Waals surface area contributed by atoms with Gasteiger partial charge in [0.2, 0.25) is 10.0 Å². The molecule has 6 heteroatoms. The molecule has 0 atom stereocenters. The fraction of sp³-hybridized carbons (Fsp3) is 0.353. The molecule has 0 bridgehead atoms. The second-order valence-corrected chi connectivity index (χ2v) is 8.40. The normalized spacial score (nSPS) is 16.9. The van der Waals surface area contributed by atoms with Crippen molar-refractivity contribution in [3.05, 3.63) is 41.7 Å². The van der Waals surface area contributed by atoms with Gasteiger partial charge in [0.05, 0.1) is 11.9 Å². The molecule has 0 aliphatic carbocycles. The number of rotatable bonds is 3. The van der Waals surface area contributed by atoms with Gasteiger partial charge in [0.25, 0.3) is 0 Å². The number of aldehydes is 1. The summed E-state index contributed by atoms with van der Waals surface area (Å²) in [6.07, 6.45) is 2.59. The first kappa shape index (κ1) is 15.8. The van der Waals surface area contributed by atoms with Crippen LogP contribution in [0.15, 0.2) is 34.7 Å². The van der Waals surface area contributed by atoms with Crippen LogP contribution in [-0.4, -0.2) is 27.5 Å². The molecule has 23 heavy (non-hydrogen) atoms. The molecule has 0 N–H and O–H groups in total. The lowest BCUT2D eigenvalue weighted by atomic mass is 9.75. The Hall–Kier alpha value is -2.08. The molecular formula is C17H19NO4S. The van der Waals surface area contributed by atoms with Crippen molar-refractivity contribution < 1.29 is 17.6 Å². The van der Waals surface area contributed by atoms with Crippen molar-refractivity contribution in [1.82, 2.24) is 0 Å². The van der Waals surface area contributed by atoms with Gasteiger partial charge in [-0.25, -0.2) is 8.42 Å². The average molecular weight is 333 g/mol. The summed E-state index contributed by atoms with van der Waals surface area (Å²) in [6, 6.07) is 8.90. The number of sulfonamides is 1. The molecule has 0 saturated carbocycles. The van der Waals surface area contributed by atoms with Crippen LogP contribution in [0.25, 0.3) is 11.3 Å². The number of carbonyl (C=O) groups is 1. The van der Waals surface area contributed by atoms with E-state index in [1.807, 2.05) is 18.2 Å². The minimum atomic E-state index is -3.34. The molecule has 2 heterocycles. The maximum absolute atomic E-state index is 12.1. The Labute approximate surface area is 136 Å². The van der Waals surface area contributed by atoms with Crippen LogP contribution in [0.2, 0.25) is 0 Å². The second-order valence-electron chi connectivity index (χ2n) is 6.49. The van der Waals surface area contributed by atoms with Gasteiger partial charge in [0, 0.05) is 12.1 Å². The van der Waals surface area contributed by atoms with E-state index in [0.717, 1.165) is 11.1 Å². The number of nitrogens with zero attached hydrogens (tertiary/aromatic N) is 1. The van der Waals surface area contributed by atoms with E-state index < -0.39 is 10.0 Å². The zero-order valence-corrected chi connectivity index (χ0v) is 14.2. The van der Waals surface area contributed by atoms with Crippen LogP contribution < -0.4 is 4.31 Å². The van der Waals surface area contributed by atoms with E-state index in [1.54, 1.807) is 12.1 Å². The maximum Gasteiger partial charge on any atom is 0.232 e. The van der Waals surface area contributed by atoms with Crippen molar-refractivity contribution in [2.24, 2.45) is 0 Å². The van der Waals surface area contributed by atoms with Crippen LogP contribution in [0.5, 0.6) is 0 Å². The molecular weight excluding hydrogens is 314 g/mol. The maximum atomic E-state index is 12.1. The van der Waals surface area contributed by atoms with Crippen LogP contribution in [-0.2, 0) is 15.4 Å². The monoisotopic (exact) mass is 333 g/mol. The van der Waals surface area contributed by atoms with Gasteiger partial charge in [-0.05, 0) is 35.6 Å². The van der Waals surface area contributed by atoms with Crippen molar-refractivity contribution >= 4 is 22.0 Å². The van der Waals surface area contributed by atoms with Crippen LogP contribution in [0.4, 0.5) is 5.69 Å².